The number of hydrogen-bond donors (Lipinski definition) is 2. The van der Waals surface area contributed by atoms with Crippen LogP contribution in [0.25, 0.3) is 0 Å². The number of benzene rings is 1. The number of nitrogens with one attached hydrogen (secondary N) is 1. The van der Waals surface area contributed by atoms with Crippen molar-refractivity contribution in [2.45, 2.75) is 77.1 Å². The lowest BCUT2D eigenvalue weighted by Crippen LogP contribution is -2.50. The first kappa shape index (κ1) is 26.6. The Morgan fingerprint density at radius 1 is 1.19 bits per heavy atom. The molecule has 3 aliphatic rings. The molecule has 10 heteroatoms. The van der Waals surface area contributed by atoms with Crippen LogP contribution >= 0.6 is 0 Å². The summed E-state index contributed by atoms with van der Waals surface area (Å²) in [5.74, 6) is 0.141. The molecule has 1 aliphatic carbocycles. The molecule has 0 radical (unpaired) electrons. The summed E-state index contributed by atoms with van der Waals surface area (Å²) < 4.78 is 47.3. The monoisotopic (exact) mass is 511 g/mol. The zero-order valence-electron chi connectivity index (χ0n) is 20.9. The molecule has 0 aromatic heterocycles. The fourth-order valence-corrected chi connectivity index (χ4v) is 5.79. The van der Waals surface area contributed by atoms with E-state index in [0.717, 1.165) is 18.9 Å². The van der Waals surface area contributed by atoms with Gasteiger partial charge in [-0.25, -0.2) is 4.79 Å². The van der Waals surface area contributed by atoms with Crippen LogP contribution in [0, 0.1) is 11.3 Å². The van der Waals surface area contributed by atoms with Gasteiger partial charge in [-0.15, -0.1) is 0 Å². The molecule has 200 valence electrons. The van der Waals surface area contributed by atoms with E-state index < -0.39 is 23.2 Å². The number of ether oxygens (including phenoxy) is 1. The number of hydrogen-bond acceptors (Lipinski definition) is 5. The molecular formula is C26H36F3N3O4. The Morgan fingerprint density at radius 2 is 1.92 bits per heavy atom. The predicted molar refractivity (Wildman–Crippen MR) is 130 cm³/mol. The van der Waals surface area contributed by atoms with E-state index in [1.54, 1.807) is 4.90 Å². The van der Waals surface area contributed by atoms with Gasteiger partial charge in [0.05, 0.1) is 23.7 Å². The number of carbonyl (C=O) groups is 2. The second kappa shape index (κ2) is 10.5. The summed E-state index contributed by atoms with van der Waals surface area (Å²) in [5, 5.41) is 12.2. The van der Waals surface area contributed by atoms with Crippen molar-refractivity contribution >= 4 is 23.4 Å². The first-order valence-electron chi connectivity index (χ1n) is 12.9. The van der Waals surface area contributed by atoms with Crippen LogP contribution in [0.5, 0.6) is 0 Å². The molecule has 1 aromatic carbocycles. The Kier molecular flexibility index (Phi) is 7.73. The van der Waals surface area contributed by atoms with Crippen LogP contribution in [0.3, 0.4) is 0 Å². The number of carbonyl (C=O) groups excluding carboxylic acids is 2. The van der Waals surface area contributed by atoms with Crippen molar-refractivity contribution in [3.8, 4) is 0 Å². The van der Waals surface area contributed by atoms with Crippen LogP contribution in [0.15, 0.2) is 18.2 Å². The molecule has 0 unspecified atom stereocenters. The predicted octanol–water partition coefficient (Wildman–Crippen LogP) is 5.03. The number of anilines is 2. The molecule has 3 fully saturated rings. The number of rotatable bonds is 5. The molecule has 2 saturated heterocycles. The van der Waals surface area contributed by atoms with Crippen LogP contribution in [0.4, 0.5) is 29.3 Å². The minimum Gasteiger partial charge on any atom is -0.449 e. The van der Waals surface area contributed by atoms with Gasteiger partial charge in [0, 0.05) is 37.1 Å². The fraction of sp³-hybridized carbons (Fsp3) is 0.692. The summed E-state index contributed by atoms with van der Waals surface area (Å²) in [7, 11) is 0. The van der Waals surface area contributed by atoms with Crippen molar-refractivity contribution in [1.29, 1.82) is 0 Å². The molecule has 1 spiro atoms. The van der Waals surface area contributed by atoms with Gasteiger partial charge >= 0.3 is 12.3 Å². The van der Waals surface area contributed by atoms with Crippen LogP contribution in [-0.2, 0) is 15.7 Å². The van der Waals surface area contributed by atoms with Gasteiger partial charge in [0.15, 0.2) is 0 Å². The highest BCUT2D eigenvalue weighted by molar-refractivity contribution is 5.87. The van der Waals surface area contributed by atoms with Gasteiger partial charge in [-0.1, -0.05) is 13.8 Å². The minimum atomic E-state index is -4.63. The molecule has 1 saturated carbocycles. The third-order valence-electron chi connectivity index (χ3n) is 7.67. The molecule has 1 aromatic rings. The summed E-state index contributed by atoms with van der Waals surface area (Å²) in [4.78, 5) is 29.1. The molecule has 2 aliphatic heterocycles. The zero-order chi connectivity index (χ0) is 26.1. The van der Waals surface area contributed by atoms with Crippen LogP contribution in [0.1, 0.15) is 64.4 Å². The average molecular weight is 512 g/mol. The third-order valence-corrected chi connectivity index (χ3v) is 7.67. The molecule has 2 heterocycles. The van der Waals surface area contributed by atoms with E-state index in [4.69, 9.17) is 4.74 Å². The number of amides is 2. The van der Waals surface area contributed by atoms with Crippen LogP contribution in [-0.4, -0.2) is 60.4 Å². The van der Waals surface area contributed by atoms with Gasteiger partial charge in [0.2, 0.25) is 5.91 Å². The van der Waals surface area contributed by atoms with Gasteiger partial charge < -0.3 is 19.6 Å². The number of aliphatic hydroxyl groups is 1. The summed E-state index contributed by atoms with van der Waals surface area (Å²) in [6.45, 7) is 5.17. The molecular weight excluding hydrogens is 475 g/mol. The number of halogens is 3. The van der Waals surface area contributed by atoms with E-state index in [9.17, 15) is 27.9 Å². The topological polar surface area (TPSA) is 82.1 Å². The van der Waals surface area contributed by atoms with Gasteiger partial charge in [0.1, 0.15) is 0 Å². The van der Waals surface area contributed by atoms with E-state index in [-0.39, 0.29) is 48.5 Å². The van der Waals surface area contributed by atoms with Gasteiger partial charge in [0.25, 0.3) is 0 Å². The number of piperidine rings is 1. The SMILES string of the molecule is CC(C)COC(=O)Nc1ccc(N2CCC[C@]3(CCN([C@H]4CC[C@H](O)CC4)C3=O)C2)c(C(F)(F)F)c1. The first-order valence-corrected chi connectivity index (χ1v) is 12.9. The van der Waals surface area contributed by atoms with Gasteiger partial charge in [-0.05, 0) is 69.1 Å². The smallest absolute Gasteiger partial charge is 0.418 e. The highest BCUT2D eigenvalue weighted by Crippen LogP contribution is 2.46. The minimum absolute atomic E-state index is 0.00848. The molecule has 2 N–H and O–H groups in total. The quantitative estimate of drug-likeness (QED) is 0.579. The number of aliphatic hydroxyl groups excluding tert-OH is 1. The van der Waals surface area contributed by atoms with Crippen molar-refractivity contribution in [3.05, 3.63) is 23.8 Å². The number of nitrogens with zero attached hydrogens (tertiary/aromatic N) is 2. The molecule has 4 rings (SSSR count). The lowest BCUT2D eigenvalue weighted by Gasteiger charge is -2.42. The fourth-order valence-electron chi connectivity index (χ4n) is 5.79. The molecule has 2 amide bonds. The van der Waals surface area contributed by atoms with Crippen molar-refractivity contribution in [2.75, 3.05) is 36.5 Å². The molecule has 1 atom stereocenters. The molecule has 36 heavy (non-hydrogen) atoms. The summed E-state index contributed by atoms with van der Waals surface area (Å²) >= 11 is 0. The van der Waals surface area contributed by atoms with Gasteiger partial charge in [-0.3, -0.25) is 10.1 Å². The van der Waals surface area contributed by atoms with Crippen molar-refractivity contribution in [3.63, 3.8) is 0 Å². The highest BCUT2D eigenvalue weighted by Gasteiger charge is 2.51. The summed E-state index contributed by atoms with van der Waals surface area (Å²) in [6, 6.07) is 3.85. The first-order chi connectivity index (χ1) is 17.0. The highest BCUT2D eigenvalue weighted by atomic mass is 19.4. The largest absolute Gasteiger partial charge is 0.449 e. The van der Waals surface area contributed by atoms with E-state index in [1.165, 1.54) is 12.1 Å². The van der Waals surface area contributed by atoms with Crippen LogP contribution < -0.4 is 10.2 Å². The Labute approximate surface area is 210 Å². The third kappa shape index (κ3) is 5.74. The molecule has 0 bridgehead atoms. The average Bonchev–Trinajstić information content (AvgIpc) is 3.13. The maximum atomic E-state index is 14.1. The maximum Gasteiger partial charge on any atom is 0.418 e. The maximum absolute atomic E-state index is 14.1. The van der Waals surface area contributed by atoms with Crippen molar-refractivity contribution < 1.29 is 32.6 Å². The summed E-state index contributed by atoms with van der Waals surface area (Å²) in [6.07, 6.45) is -0.946. The van der Waals surface area contributed by atoms with Gasteiger partial charge in [-0.2, -0.15) is 13.2 Å². The Morgan fingerprint density at radius 3 is 2.58 bits per heavy atom. The van der Waals surface area contributed by atoms with E-state index in [1.807, 2.05) is 18.7 Å². The van der Waals surface area contributed by atoms with E-state index >= 15 is 0 Å². The lowest BCUT2D eigenvalue weighted by molar-refractivity contribution is -0.139. The second-order valence-corrected chi connectivity index (χ2v) is 10.9. The molecule has 7 nitrogen and oxygen atoms in total. The lowest BCUT2D eigenvalue weighted by atomic mass is 9.78. The van der Waals surface area contributed by atoms with E-state index in [0.29, 0.717) is 45.2 Å². The standard InChI is InChI=1S/C26H36F3N3O4/c1-17(2)15-36-24(35)30-18-4-9-22(21(14-18)26(27,28)29)31-12-3-10-25(16-31)11-13-32(23(25)34)19-5-7-20(33)8-6-19/h4,9,14,17,19-20,33H,3,5-8,10-13,15-16H2,1-2H3,(H,30,35)/t19-,20-,25-/m0/s1. The summed E-state index contributed by atoms with van der Waals surface area (Å²) in [5.41, 5.74) is -1.50. The Bertz CT molecular complexity index is 962. The van der Waals surface area contributed by atoms with Crippen molar-refractivity contribution in [2.24, 2.45) is 11.3 Å². The second-order valence-electron chi connectivity index (χ2n) is 10.9. The van der Waals surface area contributed by atoms with Crippen molar-refractivity contribution in [1.82, 2.24) is 4.90 Å². The number of alkyl halides is 3. The van der Waals surface area contributed by atoms with E-state index in [2.05, 4.69) is 5.32 Å². The number of likely N-dealkylation sites (tertiary alicyclic amines) is 1. The van der Waals surface area contributed by atoms with Crippen LogP contribution in [0.2, 0.25) is 0 Å². The Balaban J connectivity index is 1.51. The zero-order valence-corrected chi connectivity index (χ0v) is 20.9. The normalized spacial score (nSPS) is 27.1. The Hall–Kier alpha value is -2.49.